The number of hydrogen-bond acceptors (Lipinski definition) is 10. The third-order valence-electron chi connectivity index (χ3n) is 9.70. The Balaban J connectivity index is 1.32. The van der Waals surface area contributed by atoms with E-state index in [2.05, 4.69) is 21.6 Å². The second-order valence-electron chi connectivity index (χ2n) is 14.9. The number of rotatable bonds is 8. The van der Waals surface area contributed by atoms with Gasteiger partial charge in [-0.1, -0.05) is 30.4 Å². The predicted molar refractivity (Wildman–Crippen MR) is 189 cm³/mol. The average molecular weight is 723 g/mol. The smallest absolute Gasteiger partial charge is 0.306 e. The van der Waals surface area contributed by atoms with Crippen LogP contribution in [0.3, 0.4) is 0 Å². The fraction of sp³-hybridized carbons (Fsp3) is 0.541. The Labute approximate surface area is 298 Å². The van der Waals surface area contributed by atoms with Crippen molar-refractivity contribution in [2.45, 2.75) is 94.3 Å². The van der Waals surface area contributed by atoms with E-state index in [1.807, 2.05) is 57.2 Å². The molecular formula is C37H46N4O9S. The number of aromatic nitrogens is 1. The van der Waals surface area contributed by atoms with Gasteiger partial charge in [-0.25, -0.2) is 13.4 Å². The fourth-order valence-electron chi connectivity index (χ4n) is 6.58. The van der Waals surface area contributed by atoms with Crippen LogP contribution in [0.4, 0.5) is 0 Å². The minimum absolute atomic E-state index is 0.0181. The maximum Gasteiger partial charge on any atom is 0.306 e. The van der Waals surface area contributed by atoms with Crippen molar-refractivity contribution < 1.29 is 41.8 Å². The zero-order chi connectivity index (χ0) is 36.6. The van der Waals surface area contributed by atoms with Gasteiger partial charge in [-0.15, -0.1) is 6.58 Å². The lowest BCUT2D eigenvalue weighted by atomic mass is 10.0. The molecule has 274 valence electrons. The van der Waals surface area contributed by atoms with Crippen LogP contribution >= 0.6 is 0 Å². The highest BCUT2D eigenvalue weighted by Crippen LogP contribution is 2.45. The number of allylic oxidation sites excluding steroid dienone is 1. The summed E-state index contributed by atoms with van der Waals surface area (Å²) < 4.78 is 45.4. The minimum atomic E-state index is -3.89. The summed E-state index contributed by atoms with van der Waals surface area (Å²) in [6.45, 7) is 9.33. The molecule has 2 aliphatic heterocycles. The molecule has 4 bridgehead atoms. The van der Waals surface area contributed by atoms with E-state index in [9.17, 15) is 27.6 Å². The summed E-state index contributed by atoms with van der Waals surface area (Å²) in [5, 5.41) is 3.82. The highest BCUT2D eigenvalue weighted by atomic mass is 32.2. The third-order valence-corrected chi connectivity index (χ3v) is 11.5. The first kappa shape index (κ1) is 36.5. The number of fused-ring (bicyclic) bond motifs is 3. The highest BCUT2D eigenvalue weighted by molar-refractivity contribution is 7.91. The molecule has 6 rings (SSSR count). The van der Waals surface area contributed by atoms with Crippen molar-refractivity contribution in [2.24, 2.45) is 11.8 Å². The molecule has 0 spiro atoms. The average Bonchev–Trinajstić information content (AvgIpc) is 4.00. The second-order valence-corrected chi connectivity index (χ2v) is 16.8. The summed E-state index contributed by atoms with van der Waals surface area (Å²) in [5.74, 6) is -3.71. The molecule has 1 aromatic carbocycles. The topological polar surface area (TPSA) is 170 Å². The molecule has 2 N–H and O–H groups in total. The van der Waals surface area contributed by atoms with Gasteiger partial charge < -0.3 is 24.4 Å². The molecular weight excluding hydrogens is 676 g/mol. The first-order valence-electron chi connectivity index (χ1n) is 17.5. The summed E-state index contributed by atoms with van der Waals surface area (Å²) in [7, 11) is -3.89. The Kier molecular flexibility index (Phi) is 10.3. The number of amides is 3. The van der Waals surface area contributed by atoms with Gasteiger partial charge in [-0.05, 0) is 76.0 Å². The van der Waals surface area contributed by atoms with Crippen molar-refractivity contribution in [3.63, 3.8) is 0 Å². The van der Waals surface area contributed by atoms with Gasteiger partial charge in [0.05, 0.1) is 42.9 Å². The van der Waals surface area contributed by atoms with E-state index in [-0.39, 0.29) is 39.0 Å². The maximum atomic E-state index is 14.4. The molecule has 13 nitrogen and oxygen atoms in total. The van der Waals surface area contributed by atoms with E-state index in [4.69, 9.17) is 14.2 Å². The zero-order valence-electron chi connectivity index (χ0n) is 29.3. The van der Waals surface area contributed by atoms with Crippen molar-refractivity contribution in [3.8, 4) is 5.88 Å². The molecule has 2 aliphatic carbocycles. The number of hydrogen-bond donors (Lipinski definition) is 2. The van der Waals surface area contributed by atoms with Crippen LogP contribution in [0.1, 0.15) is 71.3 Å². The quantitative estimate of drug-likeness (QED) is 0.304. The molecule has 2 saturated carbocycles. The highest BCUT2D eigenvalue weighted by Gasteiger charge is 2.62. The van der Waals surface area contributed by atoms with Crippen molar-refractivity contribution in [3.05, 3.63) is 54.8 Å². The summed E-state index contributed by atoms with van der Waals surface area (Å²) in [5.41, 5.74) is -1.24. The lowest BCUT2D eigenvalue weighted by Gasteiger charge is -2.30. The van der Waals surface area contributed by atoms with E-state index in [1.165, 1.54) is 11.0 Å². The van der Waals surface area contributed by atoms with E-state index in [1.54, 1.807) is 6.20 Å². The van der Waals surface area contributed by atoms with Gasteiger partial charge in [-0.2, -0.15) is 0 Å². The van der Waals surface area contributed by atoms with Crippen LogP contribution in [0.15, 0.2) is 49.2 Å². The second kappa shape index (κ2) is 14.4. The molecule has 0 unspecified atom stereocenters. The van der Waals surface area contributed by atoms with Crippen LogP contribution in [0.5, 0.6) is 5.88 Å². The molecule has 3 amide bonds. The number of carbonyl (C=O) groups is 4. The van der Waals surface area contributed by atoms with Crippen molar-refractivity contribution in [1.29, 1.82) is 0 Å². The van der Waals surface area contributed by atoms with Crippen molar-refractivity contribution in [2.75, 3.05) is 19.8 Å². The molecule has 5 atom stereocenters. The Morgan fingerprint density at radius 2 is 1.98 bits per heavy atom. The molecule has 14 heteroatoms. The molecule has 2 aromatic rings. The van der Waals surface area contributed by atoms with E-state index in [0.717, 1.165) is 16.3 Å². The Morgan fingerprint density at radius 1 is 1.20 bits per heavy atom. The first-order chi connectivity index (χ1) is 24.2. The summed E-state index contributed by atoms with van der Waals surface area (Å²) >= 11 is 0. The van der Waals surface area contributed by atoms with Crippen LogP contribution < -0.4 is 14.8 Å². The van der Waals surface area contributed by atoms with E-state index >= 15 is 0 Å². The minimum Gasteiger partial charge on any atom is -0.472 e. The van der Waals surface area contributed by atoms with Gasteiger partial charge in [0.1, 0.15) is 17.7 Å². The number of esters is 1. The monoisotopic (exact) mass is 722 g/mol. The van der Waals surface area contributed by atoms with Crippen LogP contribution in [0.25, 0.3) is 16.8 Å². The molecule has 4 aliphatic rings. The van der Waals surface area contributed by atoms with Crippen LogP contribution in [-0.4, -0.2) is 90.3 Å². The Hall–Kier alpha value is -4.30. The molecule has 3 heterocycles. The lowest BCUT2D eigenvalue weighted by Crippen LogP contribution is -2.57. The number of pyridine rings is 1. The third kappa shape index (κ3) is 8.44. The van der Waals surface area contributed by atoms with Crippen LogP contribution in [0, 0.1) is 11.8 Å². The largest absolute Gasteiger partial charge is 0.472 e. The van der Waals surface area contributed by atoms with Gasteiger partial charge in [0, 0.05) is 23.9 Å². The molecule has 0 radical (unpaired) electrons. The van der Waals surface area contributed by atoms with Gasteiger partial charge in [0.25, 0.3) is 5.91 Å². The van der Waals surface area contributed by atoms with E-state index in [0.29, 0.717) is 31.6 Å². The predicted octanol–water partition coefficient (Wildman–Crippen LogP) is 3.42. The number of sulfonamides is 1. The van der Waals surface area contributed by atoms with Gasteiger partial charge in [0.15, 0.2) is 0 Å². The molecule has 1 aromatic heterocycles. The van der Waals surface area contributed by atoms with Gasteiger partial charge in [-0.3, -0.25) is 23.9 Å². The SMILES string of the molecule is C=C[C@@H]1C[C@]1(NC(=O)[C@@H]1C[C@@H]2CN1C(=O)[C@H](COC(C)(C)C)CC(=O)OCCC/C=C/c1ccc3ccnc(c3c1)O2)C(=O)NS(=O)(=O)C1CC1. The standard InChI is InChI=1S/C37H46N4O9S/c1-5-26-20-37(26,35(45)40-51(46,47)28-12-13-28)39-32(43)30-19-27-21-41(30)34(44)25(22-49-36(2,3)4)18-31(42)48-16-8-6-7-9-23-10-11-24-14-15-38-33(50-27)29(24)17-23/h5,7,9-11,14-15,17,25-28,30H,1,6,8,12-13,16,18-22H2,2-4H3,(H,39,43)(H,40,45)/b9-7+/t25-,26+,27+,30-,37+/m0/s1. The van der Waals surface area contributed by atoms with Crippen LogP contribution in [0.2, 0.25) is 0 Å². The zero-order valence-corrected chi connectivity index (χ0v) is 30.1. The molecule has 1 saturated heterocycles. The Bertz CT molecular complexity index is 1850. The van der Waals surface area contributed by atoms with Crippen molar-refractivity contribution >= 4 is 50.6 Å². The first-order valence-corrected chi connectivity index (χ1v) is 19.1. The number of nitrogens with zero attached hydrogens (tertiary/aromatic N) is 2. The lowest BCUT2D eigenvalue weighted by molar-refractivity contribution is -0.153. The number of ether oxygens (including phenoxy) is 3. The van der Waals surface area contributed by atoms with Crippen LogP contribution in [-0.2, 0) is 38.7 Å². The van der Waals surface area contributed by atoms with Gasteiger partial charge in [0.2, 0.25) is 27.7 Å². The Morgan fingerprint density at radius 3 is 2.69 bits per heavy atom. The maximum absolute atomic E-state index is 14.4. The summed E-state index contributed by atoms with van der Waals surface area (Å²) in [6.07, 6.45) is 8.54. The number of cyclic esters (lactones) is 1. The fourth-order valence-corrected chi connectivity index (χ4v) is 7.94. The van der Waals surface area contributed by atoms with Gasteiger partial charge >= 0.3 is 5.97 Å². The van der Waals surface area contributed by atoms with E-state index < -0.39 is 74.1 Å². The number of benzene rings is 1. The summed E-state index contributed by atoms with van der Waals surface area (Å²) in [4.78, 5) is 61.0. The molecule has 51 heavy (non-hydrogen) atoms. The number of carbonyl (C=O) groups excluding carboxylic acids is 4. The molecule has 3 fully saturated rings. The normalized spacial score (nSPS) is 27.9. The number of nitrogens with one attached hydrogen (secondary N) is 2. The summed E-state index contributed by atoms with van der Waals surface area (Å²) in [6, 6.07) is 6.65. The van der Waals surface area contributed by atoms with Crippen molar-refractivity contribution in [1.82, 2.24) is 19.9 Å².